The van der Waals surface area contributed by atoms with Gasteiger partial charge >= 0.3 is 5.97 Å². The molecule has 158 valence electrons. The van der Waals surface area contributed by atoms with Crippen molar-refractivity contribution in [2.45, 2.75) is 44.7 Å². The standard InChI is InChI=1S/C19H24N2O7S/c1-11(22)15(18(25)28-19(2,3)4)21-16(24)14(17(21)29-26)20-13(23)10-27-12-8-6-5-7-9-12/h5-9,14,17,22,26H,10H2,1-4H3,(H,20,23)/b15-11+/t14-,17-/m1/s1. The van der Waals surface area contributed by atoms with Gasteiger partial charge in [-0.05, 0) is 39.8 Å². The Morgan fingerprint density at radius 1 is 1.24 bits per heavy atom. The third-order valence-electron chi connectivity index (χ3n) is 3.76. The molecule has 0 aromatic heterocycles. The van der Waals surface area contributed by atoms with Gasteiger partial charge in [0.25, 0.3) is 11.8 Å². The zero-order chi connectivity index (χ0) is 21.8. The van der Waals surface area contributed by atoms with Crippen LogP contribution < -0.4 is 10.1 Å². The number of amides is 2. The van der Waals surface area contributed by atoms with Crippen molar-refractivity contribution in [2.24, 2.45) is 0 Å². The van der Waals surface area contributed by atoms with Gasteiger partial charge < -0.3 is 24.4 Å². The van der Waals surface area contributed by atoms with E-state index in [1.807, 2.05) is 0 Å². The van der Waals surface area contributed by atoms with Crippen LogP contribution in [0.25, 0.3) is 0 Å². The fraction of sp³-hybridized carbons (Fsp3) is 0.421. The number of β-lactam (4-membered cyclic amide) rings is 1. The summed E-state index contributed by atoms with van der Waals surface area (Å²) in [5.74, 6) is -2.11. The molecule has 9 nitrogen and oxygen atoms in total. The minimum atomic E-state index is -1.09. The number of benzene rings is 1. The van der Waals surface area contributed by atoms with Gasteiger partial charge in [0.05, 0.1) is 0 Å². The maximum atomic E-state index is 12.5. The molecule has 2 rings (SSSR count). The van der Waals surface area contributed by atoms with Crippen molar-refractivity contribution in [3.63, 3.8) is 0 Å². The number of nitrogens with zero attached hydrogens (tertiary/aromatic N) is 1. The summed E-state index contributed by atoms with van der Waals surface area (Å²) in [6, 6.07) is 7.57. The number of ether oxygens (including phenoxy) is 2. The van der Waals surface area contributed by atoms with Gasteiger partial charge in [-0.15, -0.1) is 0 Å². The lowest BCUT2D eigenvalue weighted by Crippen LogP contribution is -2.70. The summed E-state index contributed by atoms with van der Waals surface area (Å²) in [7, 11) is 0. The fourth-order valence-corrected chi connectivity index (χ4v) is 3.18. The van der Waals surface area contributed by atoms with Gasteiger partial charge in [-0.1, -0.05) is 18.2 Å². The molecule has 1 heterocycles. The highest BCUT2D eigenvalue weighted by molar-refractivity contribution is 7.94. The van der Waals surface area contributed by atoms with Gasteiger partial charge in [-0.25, -0.2) is 4.79 Å². The van der Waals surface area contributed by atoms with E-state index in [-0.39, 0.29) is 24.3 Å². The second kappa shape index (κ2) is 9.19. The topological polar surface area (TPSA) is 125 Å². The van der Waals surface area contributed by atoms with Crippen molar-refractivity contribution in [1.29, 1.82) is 0 Å². The summed E-state index contributed by atoms with van der Waals surface area (Å²) >= 11 is 0.266. The first-order chi connectivity index (χ1) is 13.5. The molecule has 1 aromatic carbocycles. The van der Waals surface area contributed by atoms with Gasteiger partial charge in [-0.3, -0.25) is 14.5 Å². The van der Waals surface area contributed by atoms with E-state index in [9.17, 15) is 24.0 Å². The van der Waals surface area contributed by atoms with Crippen LogP contribution in [0.15, 0.2) is 41.8 Å². The van der Waals surface area contributed by atoms with Gasteiger partial charge in [0.15, 0.2) is 12.3 Å². The second-order valence-corrected chi connectivity index (χ2v) is 7.98. The molecule has 29 heavy (non-hydrogen) atoms. The zero-order valence-electron chi connectivity index (χ0n) is 16.5. The number of aliphatic hydroxyl groups excluding tert-OH is 1. The molecule has 3 N–H and O–H groups in total. The van der Waals surface area contributed by atoms with Crippen LogP contribution in [0.5, 0.6) is 5.75 Å². The Morgan fingerprint density at radius 3 is 2.38 bits per heavy atom. The minimum absolute atomic E-state index is 0.266. The van der Waals surface area contributed by atoms with Crippen molar-refractivity contribution in [3.05, 3.63) is 41.8 Å². The lowest BCUT2D eigenvalue weighted by atomic mass is 10.0. The molecule has 0 aliphatic carbocycles. The van der Waals surface area contributed by atoms with E-state index in [1.165, 1.54) is 6.92 Å². The van der Waals surface area contributed by atoms with E-state index in [1.54, 1.807) is 51.1 Å². The summed E-state index contributed by atoms with van der Waals surface area (Å²) < 4.78 is 20.1. The fourth-order valence-electron chi connectivity index (χ4n) is 2.57. The Labute approximate surface area is 172 Å². The van der Waals surface area contributed by atoms with E-state index in [2.05, 4.69) is 5.32 Å². The van der Waals surface area contributed by atoms with E-state index >= 15 is 0 Å². The molecule has 0 bridgehead atoms. The Balaban J connectivity index is 2.05. The predicted molar refractivity (Wildman–Crippen MR) is 106 cm³/mol. The normalized spacial score (nSPS) is 19.8. The first-order valence-electron chi connectivity index (χ1n) is 8.79. The second-order valence-electron chi connectivity index (χ2n) is 7.29. The van der Waals surface area contributed by atoms with Crippen LogP contribution in [0.3, 0.4) is 0 Å². The number of para-hydroxylation sites is 1. The lowest BCUT2D eigenvalue weighted by Gasteiger charge is -2.45. The third kappa shape index (κ3) is 5.64. The first kappa shape index (κ1) is 22.6. The molecule has 1 saturated heterocycles. The summed E-state index contributed by atoms with van der Waals surface area (Å²) in [6.45, 7) is 5.82. The number of likely N-dealkylation sites (tertiary alicyclic amines) is 1. The highest BCUT2D eigenvalue weighted by atomic mass is 32.2. The van der Waals surface area contributed by atoms with Gasteiger partial charge in [-0.2, -0.15) is 0 Å². The molecule has 1 aliphatic heterocycles. The lowest BCUT2D eigenvalue weighted by molar-refractivity contribution is -0.159. The number of nitrogens with one attached hydrogen (secondary N) is 1. The van der Waals surface area contributed by atoms with Crippen LogP contribution in [-0.2, 0) is 19.1 Å². The number of esters is 1. The number of rotatable bonds is 7. The average molecular weight is 424 g/mol. The molecule has 0 spiro atoms. The van der Waals surface area contributed by atoms with Crippen molar-refractivity contribution >= 4 is 29.8 Å². The van der Waals surface area contributed by atoms with Gasteiger partial charge in [0.2, 0.25) is 0 Å². The van der Waals surface area contributed by atoms with Crippen LogP contribution in [-0.4, -0.2) is 56.0 Å². The van der Waals surface area contributed by atoms with Crippen LogP contribution in [0.2, 0.25) is 0 Å². The van der Waals surface area contributed by atoms with Crippen molar-refractivity contribution in [1.82, 2.24) is 10.2 Å². The summed E-state index contributed by atoms with van der Waals surface area (Å²) in [5, 5.41) is 11.4. The summed E-state index contributed by atoms with van der Waals surface area (Å²) in [5.41, 5.74) is -1.24. The SMILES string of the molecule is C/C(O)=C(/C(=O)OC(C)(C)C)N1C(=O)[C@@H](NC(=O)COc2ccccc2)[C@H]1SO. The first-order valence-corrected chi connectivity index (χ1v) is 9.62. The average Bonchev–Trinajstić information content (AvgIpc) is 2.63. The summed E-state index contributed by atoms with van der Waals surface area (Å²) in [6.07, 6.45) is 0. The van der Waals surface area contributed by atoms with Crippen LogP contribution >= 0.6 is 12.0 Å². The van der Waals surface area contributed by atoms with E-state index in [4.69, 9.17) is 9.47 Å². The maximum Gasteiger partial charge on any atom is 0.359 e. The Kier molecular flexibility index (Phi) is 7.15. The van der Waals surface area contributed by atoms with Crippen LogP contribution in [0.1, 0.15) is 27.7 Å². The Hall–Kier alpha value is -2.72. The molecule has 1 aromatic rings. The highest BCUT2D eigenvalue weighted by Crippen LogP contribution is 2.34. The highest BCUT2D eigenvalue weighted by Gasteiger charge is 2.53. The molecule has 0 saturated carbocycles. The molecule has 1 aliphatic rings. The number of hydrogen-bond acceptors (Lipinski definition) is 8. The maximum absolute atomic E-state index is 12.5. The van der Waals surface area contributed by atoms with E-state index in [0.717, 1.165) is 4.90 Å². The van der Waals surface area contributed by atoms with Gasteiger partial charge in [0.1, 0.15) is 28.5 Å². The summed E-state index contributed by atoms with van der Waals surface area (Å²) in [4.78, 5) is 38.0. The predicted octanol–water partition coefficient (Wildman–Crippen LogP) is 2.06. The minimum Gasteiger partial charge on any atom is -0.510 e. The van der Waals surface area contributed by atoms with E-state index < -0.39 is 40.6 Å². The largest absolute Gasteiger partial charge is 0.510 e. The molecule has 2 atom stereocenters. The number of aliphatic hydroxyl groups is 1. The van der Waals surface area contributed by atoms with Crippen molar-refractivity contribution in [2.75, 3.05) is 6.61 Å². The van der Waals surface area contributed by atoms with Crippen molar-refractivity contribution in [3.8, 4) is 5.75 Å². The quantitative estimate of drug-likeness (QED) is 0.200. The number of allylic oxidation sites excluding steroid dienone is 1. The zero-order valence-corrected chi connectivity index (χ0v) is 17.4. The smallest absolute Gasteiger partial charge is 0.359 e. The van der Waals surface area contributed by atoms with E-state index in [0.29, 0.717) is 5.75 Å². The molecule has 2 amide bonds. The number of carbonyl (C=O) groups excluding carboxylic acids is 3. The molecule has 0 radical (unpaired) electrons. The Morgan fingerprint density at radius 2 is 1.86 bits per heavy atom. The van der Waals surface area contributed by atoms with Crippen LogP contribution in [0, 0.1) is 0 Å². The monoisotopic (exact) mass is 424 g/mol. The molecule has 1 fully saturated rings. The number of carbonyl (C=O) groups is 3. The van der Waals surface area contributed by atoms with Crippen molar-refractivity contribution < 1.29 is 33.5 Å². The number of hydrogen-bond donors (Lipinski definition) is 3. The molecule has 0 unspecified atom stereocenters. The third-order valence-corrected chi connectivity index (χ3v) is 4.46. The molecular weight excluding hydrogens is 400 g/mol. The molecule has 10 heteroatoms. The Bertz CT molecular complexity index is 801. The van der Waals surface area contributed by atoms with Gasteiger partial charge in [0, 0.05) is 12.0 Å². The molecular formula is C19H24N2O7S. The van der Waals surface area contributed by atoms with Crippen LogP contribution in [0.4, 0.5) is 0 Å².